The molecule has 0 fully saturated rings. The molecule has 1 unspecified atom stereocenters. The van der Waals surface area contributed by atoms with Crippen LogP contribution in [0.5, 0.6) is 0 Å². The van der Waals surface area contributed by atoms with Crippen molar-refractivity contribution in [1.29, 1.82) is 0 Å². The molecule has 5 N–H and O–H groups in total. The molecule has 0 spiro atoms. The highest BCUT2D eigenvalue weighted by atomic mass is 32.2. The fraction of sp³-hybridized carbons (Fsp3) is 0.455. The number of hydrogen-bond acceptors (Lipinski definition) is 4. The first-order valence-electron chi connectivity index (χ1n) is 5.52. The number of rotatable bonds is 6. The van der Waals surface area contributed by atoms with Crippen molar-refractivity contribution in [2.75, 3.05) is 11.9 Å². The van der Waals surface area contributed by atoms with E-state index in [-0.39, 0.29) is 10.9 Å². The van der Waals surface area contributed by atoms with E-state index in [0.29, 0.717) is 0 Å². The summed E-state index contributed by atoms with van der Waals surface area (Å²) in [5.41, 5.74) is 6.51. The molecule has 0 aliphatic heterocycles. The number of sulfonamides is 1. The lowest BCUT2D eigenvalue weighted by Gasteiger charge is -2.08. The first-order chi connectivity index (χ1) is 7.89. The van der Waals surface area contributed by atoms with Gasteiger partial charge < -0.3 is 11.1 Å². The second-order valence-corrected chi connectivity index (χ2v) is 5.68. The summed E-state index contributed by atoms with van der Waals surface area (Å²) in [5, 5.41) is 8.19. The zero-order valence-electron chi connectivity index (χ0n) is 9.89. The molecule has 1 aromatic carbocycles. The summed E-state index contributed by atoms with van der Waals surface area (Å²) in [4.78, 5) is 0.124. The lowest BCUT2D eigenvalue weighted by molar-refractivity contribution is 0.598. The number of primary sulfonamides is 1. The molecule has 6 heteroatoms. The van der Waals surface area contributed by atoms with Crippen molar-refractivity contribution >= 4 is 15.7 Å². The minimum Gasteiger partial charge on any atom is -0.385 e. The van der Waals surface area contributed by atoms with E-state index in [1.165, 1.54) is 12.1 Å². The summed E-state index contributed by atoms with van der Waals surface area (Å²) in [6, 6.07) is 6.59. The minimum absolute atomic E-state index is 0.124. The fourth-order valence-corrected chi connectivity index (χ4v) is 1.93. The van der Waals surface area contributed by atoms with Gasteiger partial charge in [0.15, 0.2) is 0 Å². The summed E-state index contributed by atoms with van der Waals surface area (Å²) in [5.74, 6) is 0. The Morgan fingerprint density at radius 1 is 1.29 bits per heavy atom. The standard InChI is InChI=1S/C11H19N3O2S/c1-9(12)3-2-8-14-10-4-6-11(7-5-10)17(13,15)16/h4-7,9,14H,2-3,8,12H2,1H3,(H2,13,15,16). The molecular formula is C11H19N3O2S. The van der Waals surface area contributed by atoms with Crippen molar-refractivity contribution < 1.29 is 8.42 Å². The summed E-state index contributed by atoms with van der Waals surface area (Å²) in [7, 11) is -3.60. The van der Waals surface area contributed by atoms with E-state index in [2.05, 4.69) is 5.32 Å². The molecule has 17 heavy (non-hydrogen) atoms. The van der Waals surface area contributed by atoms with Crippen LogP contribution in [0.3, 0.4) is 0 Å². The number of anilines is 1. The molecule has 0 saturated heterocycles. The Morgan fingerprint density at radius 3 is 2.35 bits per heavy atom. The Hall–Kier alpha value is -1.11. The van der Waals surface area contributed by atoms with Gasteiger partial charge in [0.1, 0.15) is 0 Å². The lowest BCUT2D eigenvalue weighted by atomic mass is 10.2. The Bertz CT molecular complexity index is 440. The van der Waals surface area contributed by atoms with Crippen molar-refractivity contribution in [1.82, 2.24) is 0 Å². The van der Waals surface area contributed by atoms with Crippen molar-refractivity contribution in [2.24, 2.45) is 10.9 Å². The summed E-state index contributed by atoms with van der Waals surface area (Å²) in [6.45, 7) is 2.79. The van der Waals surface area contributed by atoms with Crippen molar-refractivity contribution in [3.63, 3.8) is 0 Å². The largest absolute Gasteiger partial charge is 0.385 e. The van der Waals surface area contributed by atoms with Crippen LogP contribution in [0.15, 0.2) is 29.2 Å². The van der Waals surface area contributed by atoms with Gasteiger partial charge in [0, 0.05) is 18.3 Å². The topological polar surface area (TPSA) is 98.2 Å². The van der Waals surface area contributed by atoms with Crippen molar-refractivity contribution in [3.8, 4) is 0 Å². The molecule has 0 heterocycles. The Kier molecular flexibility index (Phi) is 4.92. The Balaban J connectivity index is 2.46. The monoisotopic (exact) mass is 257 g/mol. The van der Waals surface area contributed by atoms with Crippen LogP contribution in [-0.4, -0.2) is 21.0 Å². The number of nitrogens with one attached hydrogen (secondary N) is 1. The van der Waals surface area contributed by atoms with E-state index in [1.54, 1.807) is 12.1 Å². The molecule has 0 saturated carbocycles. The Labute approximate surface area is 102 Å². The molecule has 5 nitrogen and oxygen atoms in total. The van der Waals surface area contributed by atoms with Crippen molar-refractivity contribution in [2.45, 2.75) is 30.7 Å². The summed E-state index contributed by atoms with van der Waals surface area (Å²) < 4.78 is 22.0. The van der Waals surface area contributed by atoms with Gasteiger partial charge in [-0.3, -0.25) is 0 Å². The first kappa shape index (κ1) is 14.0. The van der Waals surface area contributed by atoms with Gasteiger partial charge in [-0.2, -0.15) is 0 Å². The van der Waals surface area contributed by atoms with Crippen LogP contribution in [-0.2, 0) is 10.0 Å². The normalized spacial score (nSPS) is 13.4. The molecule has 1 rings (SSSR count). The van der Waals surface area contributed by atoms with Gasteiger partial charge in [0.05, 0.1) is 4.90 Å². The van der Waals surface area contributed by atoms with Crippen LogP contribution >= 0.6 is 0 Å². The maximum atomic E-state index is 11.0. The third-order valence-electron chi connectivity index (χ3n) is 2.35. The highest BCUT2D eigenvalue weighted by Gasteiger charge is 2.06. The molecule has 96 valence electrons. The number of hydrogen-bond donors (Lipinski definition) is 3. The predicted octanol–water partition coefficient (Wildman–Crippen LogP) is 0.873. The van der Waals surface area contributed by atoms with Gasteiger partial charge in [0.2, 0.25) is 10.0 Å². The summed E-state index contributed by atoms with van der Waals surface area (Å²) in [6.07, 6.45) is 1.94. The highest BCUT2D eigenvalue weighted by Crippen LogP contribution is 2.12. The van der Waals surface area contributed by atoms with E-state index >= 15 is 0 Å². The SMILES string of the molecule is CC(N)CCCNc1ccc(S(N)(=O)=O)cc1. The molecule has 0 bridgehead atoms. The van der Waals surface area contributed by atoms with E-state index in [4.69, 9.17) is 10.9 Å². The zero-order chi connectivity index (χ0) is 12.9. The third kappa shape index (κ3) is 5.16. The average Bonchev–Trinajstić information content (AvgIpc) is 2.23. The molecule has 0 amide bonds. The van der Waals surface area contributed by atoms with Crippen LogP contribution in [0.1, 0.15) is 19.8 Å². The van der Waals surface area contributed by atoms with Crippen LogP contribution in [0.4, 0.5) is 5.69 Å². The van der Waals surface area contributed by atoms with E-state index in [0.717, 1.165) is 25.1 Å². The molecule has 0 aliphatic carbocycles. The van der Waals surface area contributed by atoms with Crippen LogP contribution in [0.2, 0.25) is 0 Å². The van der Waals surface area contributed by atoms with Gasteiger partial charge in [-0.15, -0.1) is 0 Å². The molecule has 0 aromatic heterocycles. The smallest absolute Gasteiger partial charge is 0.238 e. The minimum atomic E-state index is -3.60. The fourth-order valence-electron chi connectivity index (χ4n) is 1.42. The highest BCUT2D eigenvalue weighted by molar-refractivity contribution is 7.89. The van der Waals surface area contributed by atoms with E-state index in [1.807, 2.05) is 6.92 Å². The second-order valence-electron chi connectivity index (χ2n) is 4.12. The maximum Gasteiger partial charge on any atom is 0.238 e. The van der Waals surface area contributed by atoms with Crippen LogP contribution in [0, 0.1) is 0 Å². The van der Waals surface area contributed by atoms with Crippen LogP contribution < -0.4 is 16.2 Å². The summed E-state index contributed by atoms with van der Waals surface area (Å²) >= 11 is 0. The third-order valence-corrected chi connectivity index (χ3v) is 3.28. The molecule has 0 radical (unpaired) electrons. The number of nitrogens with two attached hydrogens (primary N) is 2. The van der Waals surface area contributed by atoms with Gasteiger partial charge in [-0.05, 0) is 44.0 Å². The van der Waals surface area contributed by atoms with E-state index in [9.17, 15) is 8.42 Å². The van der Waals surface area contributed by atoms with Crippen LogP contribution in [0.25, 0.3) is 0 Å². The van der Waals surface area contributed by atoms with E-state index < -0.39 is 10.0 Å². The molecule has 0 aliphatic rings. The Morgan fingerprint density at radius 2 is 1.88 bits per heavy atom. The molecule has 1 aromatic rings. The predicted molar refractivity (Wildman–Crippen MR) is 69.2 cm³/mol. The molecule has 1 atom stereocenters. The van der Waals surface area contributed by atoms with Gasteiger partial charge in [-0.1, -0.05) is 0 Å². The molecular weight excluding hydrogens is 238 g/mol. The van der Waals surface area contributed by atoms with Crippen molar-refractivity contribution in [3.05, 3.63) is 24.3 Å². The maximum absolute atomic E-state index is 11.0. The lowest BCUT2D eigenvalue weighted by Crippen LogP contribution is -2.16. The van der Waals surface area contributed by atoms with Gasteiger partial charge in [0.25, 0.3) is 0 Å². The zero-order valence-corrected chi connectivity index (χ0v) is 10.7. The quantitative estimate of drug-likeness (QED) is 0.659. The van der Waals surface area contributed by atoms with Gasteiger partial charge in [-0.25, -0.2) is 13.6 Å². The first-order valence-corrected chi connectivity index (χ1v) is 7.06. The second kappa shape index (κ2) is 6.00. The number of benzene rings is 1. The van der Waals surface area contributed by atoms with Gasteiger partial charge >= 0.3 is 0 Å². The average molecular weight is 257 g/mol.